The van der Waals surface area contributed by atoms with Crippen LogP contribution in [0.15, 0.2) is 73.1 Å². The summed E-state index contributed by atoms with van der Waals surface area (Å²) in [6.07, 6.45) is 8.16. The Hall–Kier alpha value is -4.24. The summed E-state index contributed by atoms with van der Waals surface area (Å²) in [4.78, 5) is 25.7. The van der Waals surface area contributed by atoms with Crippen molar-refractivity contribution in [3.05, 3.63) is 73.1 Å². The van der Waals surface area contributed by atoms with Gasteiger partial charge in [0, 0.05) is 31.3 Å². The average Bonchev–Trinajstić information content (AvgIpc) is 3.56. The smallest absolute Gasteiger partial charge is 0.246 e. The number of benzene rings is 2. The number of likely N-dealkylation sites (N-methyl/N-ethyl adjacent to an activating group) is 1. The normalized spacial score (nSPS) is 20.9. The van der Waals surface area contributed by atoms with Crippen molar-refractivity contribution in [1.29, 1.82) is 0 Å². The zero-order chi connectivity index (χ0) is 27.6. The zero-order valence-corrected chi connectivity index (χ0v) is 23.0. The number of hydrogen-bond donors (Lipinski definition) is 1. The monoisotopic (exact) mass is 537 g/mol. The summed E-state index contributed by atoms with van der Waals surface area (Å²) < 4.78 is 8.02. The molecule has 2 aromatic heterocycles. The summed E-state index contributed by atoms with van der Waals surface area (Å²) in [5.74, 6) is 3.08. The molecule has 1 aliphatic carbocycles. The van der Waals surface area contributed by atoms with Crippen LogP contribution in [0.4, 0.5) is 5.82 Å². The number of piperidine rings is 1. The van der Waals surface area contributed by atoms with Gasteiger partial charge in [-0.2, -0.15) is 5.10 Å². The molecule has 2 aliphatic rings. The number of hydrogen-bond acceptors (Lipinski definition) is 7. The molecule has 2 N–H and O–H groups in total. The molecule has 1 saturated heterocycles. The molecule has 1 aliphatic heterocycles. The Labute approximate surface area is 234 Å². The van der Waals surface area contributed by atoms with Crippen LogP contribution < -0.4 is 10.5 Å². The molecule has 9 heteroatoms. The van der Waals surface area contributed by atoms with E-state index in [1.54, 1.807) is 6.08 Å². The van der Waals surface area contributed by atoms with Gasteiger partial charge in [-0.15, -0.1) is 0 Å². The highest BCUT2D eigenvalue weighted by Gasteiger charge is 2.40. The van der Waals surface area contributed by atoms with E-state index in [4.69, 9.17) is 15.6 Å². The van der Waals surface area contributed by atoms with E-state index in [0.717, 1.165) is 72.7 Å². The molecule has 206 valence electrons. The number of anilines is 1. The molecule has 4 aromatic rings. The maximum absolute atomic E-state index is 12.8. The molecule has 9 nitrogen and oxygen atoms in total. The third kappa shape index (κ3) is 5.29. The van der Waals surface area contributed by atoms with Crippen molar-refractivity contribution in [3.63, 3.8) is 0 Å². The predicted molar refractivity (Wildman–Crippen MR) is 156 cm³/mol. The Bertz CT molecular complexity index is 1510. The zero-order valence-electron chi connectivity index (χ0n) is 23.0. The Morgan fingerprint density at radius 2 is 1.80 bits per heavy atom. The molecular weight excluding hydrogens is 502 g/mol. The third-order valence-corrected chi connectivity index (χ3v) is 8.05. The van der Waals surface area contributed by atoms with Gasteiger partial charge in [0.1, 0.15) is 29.3 Å². The highest BCUT2D eigenvalue weighted by Crippen LogP contribution is 2.45. The van der Waals surface area contributed by atoms with Gasteiger partial charge in [-0.05, 0) is 81.6 Å². The van der Waals surface area contributed by atoms with Gasteiger partial charge in [-0.1, -0.05) is 24.3 Å². The van der Waals surface area contributed by atoms with Crippen LogP contribution in [0, 0.1) is 11.8 Å². The fourth-order valence-corrected chi connectivity index (χ4v) is 6.08. The van der Waals surface area contributed by atoms with Gasteiger partial charge >= 0.3 is 0 Å². The molecule has 3 unspecified atom stereocenters. The summed E-state index contributed by atoms with van der Waals surface area (Å²) in [7, 11) is 3.99. The molecule has 2 aromatic carbocycles. The summed E-state index contributed by atoms with van der Waals surface area (Å²) in [6, 6.07) is 17.8. The lowest BCUT2D eigenvalue weighted by molar-refractivity contribution is -0.128. The number of rotatable bonds is 7. The number of amides is 1. The first kappa shape index (κ1) is 26.0. The Balaban J connectivity index is 1.22. The van der Waals surface area contributed by atoms with Crippen LogP contribution in [0.3, 0.4) is 0 Å². The van der Waals surface area contributed by atoms with Crippen LogP contribution in [-0.4, -0.2) is 69.2 Å². The predicted octanol–water partition coefficient (Wildman–Crippen LogP) is 4.79. The minimum Gasteiger partial charge on any atom is -0.457 e. The molecule has 0 bridgehead atoms. The van der Waals surface area contributed by atoms with Crippen LogP contribution in [0.1, 0.15) is 25.3 Å². The highest BCUT2D eigenvalue weighted by molar-refractivity contribution is 5.98. The number of nitrogen functional groups attached to an aromatic ring is 1. The van der Waals surface area contributed by atoms with Crippen molar-refractivity contribution in [2.75, 3.05) is 39.5 Å². The van der Waals surface area contributed by atoms with Crippen LogP contribution in [0.25, 0.3) is 22.3 Å². The van der Waals surface area contributed by atoms with Crippen molar-refractivity contribution < 1.29 is 9.53 Å². The van der Waals surface area contributed by atoms with Crippen LogP contribution in [0.5, 0.6) is 11.5 Å². The second-order valence-corrected chi connectivity index (χ2v) is 11.1. The number of nitrogens with two attached hydrogens (primary N) is 1. The lowest BCUT2D eigenvalue weighted by Crippen LogP contribution is -2.41. The average molecular weight is 538 g/mol. The van der Waals surface area contributed by atoms with E-state index >= 15 is 0 Å². The number of carbonyl (C=O) groups excluding carboxylic acids is 1. The first-order chi connectivity index (χ1) is 19.5. The Kier molecular flexibility index (Phi) is 7.21. The molecule has 3 heterocycles. The van der Waals surface area contributed by atoms with Gasteiger partial charge in [0.2, 0.25) is 5.91 Å². The molecular formula is C31H35N7O2. The first-order valence-electron chi connectivity index (χ1n) is 13.9. The van der Waals surface area contributed by atoms with E-state index in [2.05, 4.69) is 14.6 Å². The molecule has 40 heavy (non-hydrogen) atoms. The largest absolute Gasteiger partial charge is 0.457 e. The van der Waals surface area contributed by atoms with E-state index in [1.165, 1.54) is 6.33 Å². The standard InChI is InChI=1S/C31H35N7O2/c1-36(2)15-6-9-27(39)37-16-14-22-17-24(18-23(22)19-37)38-31-28(30(32)33-20-34-31)29(35-38)21-10-12-26(13-11-21)40-25-7-4-3-5-8-25/h3-13,20,22-24H,14-19H2,1-2H3,(H2,32,33,34). The molecule has 3 atom stereocenters. The lowest BCUT2D eigenvalue weighted by atomic mass is 9.89. The first-order valence-corrected chi connectivity index (χ1v) is 13.9. The summed E-state index contributed by atoms with van der Waals surface area (Å²) in [5, 5.41) is 5.86. The molecule has 6 rings (SSSR count). The molecule has 2 fully saturated rings. The Morgan fingerprint density at radius 1 is 1.05 bits per heavy atom. The fraction of sp³-hybridized carbons (Fsp3) is 0.355. The molecule has 1 amide bonds. The number of nitrogens with zero attached hydrogens (tertiary/aromatic N) is 6. The van der Waals surface area contributed by atoms with Gasteiger partial charge in [-0.25, -0.2) is 14.6 Å². The number of para-hydroxylation sites is 1. The topological polar surface area (TPSA) is 102 Å². The number of likely N-dealkylation sites (tertiary alicyclic amines) is 1. The minimum atomic E-state index is 0.107. The van der Waals surface area contributed by atoms with Crippen LogP contribution >= 0.6 is 0 Å². The molecule has 0 spiro atoms. The van der Waals surface area contributed by atoms with E-state index in [1.807, 2.05) is 84.6 Å². The van der Waals surface area contributed by atoms with Gasteiger partial charge in [-0.3, -0.25) is 4.79 Å². The molecule has 1 saturated carbocycles. The van der Waals surface area contributed by atoms with Crippen LogP contribution in [-0.2, 0) is 4.79 Å². The Morgan fingerprint density at radius 3 is 2.58 bits per heavy atom. The second-order valence-electron chi connectivity index (χ2n) is 11.1. The van der Waals surface area contributed by atoms with E-state index in [-0.39, 0.29) is 11.9 Å². The van der Waals surface area contributed by atoms with Gasteiger partial charge in [0.15, 0.2) is 5.65 Å². The fourth-order valence-electron chi connectivity index (χ4n) is 6.08. The van der Waals surface area contributed by atoms with E-state index in [9.17, 15) is 4.79 Å². The number of fused-ring (bicyclic) bond motifs is 2. The molecule has 0 radical (unpaired) electrons. The number of aromatic nitrogens is 4. The quantitative estimate of drug-likeness (QED) is 0.338. The van der Waals surface area contributed by atoms with Crippen molar-refractivity contribution in [2.24, 2.45) is 11.8 Å². The maximum atomic E-state index is 12.8. The number of carbonyl (C=O) groups is 1. The summed E-state index contributed by atoms with van der Waals surface area (Å²) in [5.41, 5.74) is 8.85. The SMILES string of the molecule is CN(C)CC=CC(=O)N1CCC2CC(n3nc(-c4ccc(Oc5ccccc5)cc4)c4c(N)ncnc43)CC2C1. The summed E-state index contributed by atoms with van der Waals surface area (Å²) >= 11 is 0. The lowest BCUT2D eigenvalue weighted by Gasteiger charge is -2.34. The third-order valence-electron chi connectivity index (χ3n) is 8.05. The number of ether oxygens (including phenoxy) is 1. The van der Waals surface area contributed by atoms with Gasteiger partial charge < -0.3 is 20.3 Å². The van der Waals surface area contributed by atoms with E-state index < -0.39 is 0 Å². The van der Waals surface area contributed by atoms with Crippen molar-refractivity contribution in [1.82, 2.24) is 29.5 Å². The van der Waals surface area contributed by atoms with Gasteiger partial charge in [0.05, 0.1) is 11.4 Å². The second kappa shape index (κ2) is 11.1. The van der Waals surface area contributed by atoms with Gasteiger partial charge in [0.25, 0.3) is 0 Å². The summed E-state index contributed by atoms with van der Waals surface area (Å²) in [6.45, 7) is 2.35. The van der Waals surface area contributed by atoms with E-state index in [0.29, 0.717) is 17.7 Å². The van der Waals surface area contributed by atoms with Crippen molar-refractivity contribution >= 4 is 22.8 Å². The maximum Gasteiger partial charge on any atom is 0.246 e. The van der Waals surface area contributed by atoms with Crippen LogP contribution in [0.2, 0.25) is 0 Å². The highest BCUT2D eigenvalue weighted by atomic mass is 16.5. The van der Waals surface area contributed by atoms with Crippen molar-refractivity contribution in [2.45, 2.75) is 25.3 Å². The van der Waals surface area contributed by atoms with Crippen molar-refractivity contribution in [3.8, 4) is 22.8 Å². The minimum absolute atomic E-state index is 0.107.